The van der Waals surface area contributed by atoms with Gasteiger partial charge in [-0.25, -0.2) is 0 Å². The summed E-state index contributed by atoms with van der Waals surface area (Å²) in [6, 6.07) is 0.667. The van der Waals surface area contributed by atoms with Crippen molar-refractivity contribution in [2.75, 3.05) is 33.2 Å². The van der Waals surface area contributed by atoms with E-state index in [0.717, 1.165) is 44.9 Å². The van der Waals surface area contributed by atoms with Crippen LogP contribution in [0.2, 0.25) is 0 Å². The van der Waals surface area contributed by atoms with Gasteiger partial charge in [0.25, 0.3) is 0 Å². The van der Waals surface area contributed by atoms with Crippen molar-refractivity contribution in [3.63, 3.8) is 0 Å². The number of rotatable bonds is 4. The topological polar surface area (TPSA) is 23.6 Å². The molecule has 0 bridgehead atoms. The van der Waals surface area contributed by atoms with Crippen molar-refractivity contribution < 1.29 is 4.79 Å². The fourth-order valence-electron chi connectivity index (χ4n) is 3.69. The molecule has 0 aromatic heterocycles. The van der Waals surface area contributed by atoms with Crippen LogP contribution in [0.3, 0.4) is 0 Å². The van der Waals surface area contributed by atoms with Gasteiger partial charge < -0.3 is 9.69 Å². The first-order chi connectivity index (χ1) is 9.08. The normalized spacial score (nSPS) is 38.3. The summed E-state index contributed by atoms with van der Waals surface area (Å²) in [6.07, 6.45) is 7.13. The molecular weight excluding hydrogens is 236 g/mol. The molecule has 1 atom stereocenters. The van der Waals surface area contributed by atoms with Crippen molar-refractivity contribution in [2.24, 2.45) is 11.3 Å². The van der Waals surface area contributed by atoms with Gasteiger partial charge in [0.05, 0.1) is 0 Å². The second-order valence-corrected chi connectivity index (χ2v) is 6.94. The summed E-state index contributed by atoms with van der Waals surface area (Å²) in [7, 11) is 2.23. The van der Waals surface area contributed by atoms with E-state index < -0.39 is 0 Å². The van der Waals surface area contributed by atoms with Gasteiger partial charge in [-0.05, 0) is 45.1 Å². The molecule has 0 amide bonds. The van der Waals surface area contributed by atoms with E-state index in [0.29, 0.717) is 6.04 Å². The van der Waals surface area contributed by atoms with Crippen LogP contribution in [0.4, 0.5) is 0 Å². The van der Waals surface area contributed by atoms with E-state index in [1.807, 2.05) is 0 Å². The molecule has 1 aliphatic carbocycles. The molecule has 1 aliphatic heterocycles. The standard InChI is InChI=1S/C16H30N2O/c1-4-15-11-18(10-9-17(15)3)12-16(13-19)7-5-14(2)6-8-16/h13-15H,4-12H2,1-3H3. The lowest BCUT2D eigenvalue weighted by Crippen LogP contribution is -2.54. The highest BCUT2D eigenvalue weighted by Crippen LogP contribution is 2.38. The summed E-state index contributed by atoms with van der Waals surface area (Å²) in [5.41, 5.74) is -0.0410. The first-order valence-corrected chi connectivity index (χ1v) is 7.97. The van der Waals surface area contributed by atoms with E-state index >= 15 is 0 Å². The zero-order valence-electron chi connectivity index (χ0n) is 12.9. The van der Waals surface area contributed by atoms with Crippen LogP contribution in [0.5, 0.6) is 0 Å². The van der Waals surface area contributed by atoms with Crippen LogP contribution in [-0.2, 0) is 4.79 Å². The number of carbonyl (C=O) groups is 1. The molecule has 1 unspecified atom stereocenters. The van der Waals surface area contributed by atoms with Gasteiger partial charge in [-0.1, -0.05) is 13.8 Å². The van der Waals surface area contributed by atoms with Gasteiger partial charge in [-0.3, -0.25) is 4.90 Å². The molecule has 110 valence electrons. The third-order valence-corrected chi connectivity index (χ3v) is 5.39. The molecule has 0 spiro atoms. The van der Waals surface area contributed by atoms with Gasteiger partial charge >= 0.3 is 0 Å². The number of carbonyl (C=O) groups excluding carboxylic acids is 1. The zero-order chi connectivity index (χ0) is 13.9. The first kappa shape index (κ1) is 15.0. The van der Waals surface area contributed by atoms with E-state index in [2.05, 4.69) is 30.7 Å². The molecular formula is C16H30N2O. The number of nitrogens with zero attached hydrogens (tertiary/aromatic N) is 2. The van der Waals surface area contributed by atoms with E-state index in [1.165, 1.54) is 25.5 Å². The van der Waals surface area contributed by atoms with Gasteiger partial charge in [-0.2, -0.15) is 0 Å². The van der Waals surface area contributed by atoms with Crippen LogP contribution in [0.15, 0.2) is 0 Å². The van der Waals surface area contributed by atoms with Crippen molar-refractivity contribution in [1.82, 2.24) is 9.80 Å². The van der Waals surface area contributed by atoms with Crippen molar-refractivity contribution in [2.45, 2.75) is 52.0 Å². The highest BCUT2D eigenvalue weighted by Gasteiger charge is 2.37. The Morgan fingerprint density at radius 1 is 1.26 bits per heavy atom. The molecule has 2 rings (SSSR count). The van der Waals surface area contributed by atoms with E-state index in [4.69, 9.17) is 0 Å². The molecule has 0 aromatic rings. The first-order valence-electron chi connectivity index (χ1n) is 7.97. The summed E-state index contributed by atoms with van der Waals surface area (Å²) in [5.74, 6) is 0.809. The SMILES string of the molecule is CCC1CN(CC2(C=O)CCC(C)CC2)CCN1C. The molecule has 19 heavy (non-hydrogen) atoms. The fraction of sp³-hybridized carbons (Fsp3) is 0.938. The van der Waals surface area contributed by atoms with Crippen molar-refractivity contribution in [3.05, 3.63) is 0 Å². The van der Waals surface area contributed by atoms with E-state index in [1.54, 1.807) is 0 Å². The molecule has 1 saturated heterocycles. The van der Waals surface area contributed by atoms with Gasteiger partial charge in [0.1, 0.15) is 6.29 Å². The van der Waals surface area contributed by atoms with Crippen LogP contribution in [0.25, 0.3) is 0 Å². The minimum Gasteiger partial charge on any atom is -0.303 e. The lowest BCUT2D eigenvalue weighted by molar-refractivity contribution is -0.120. The predicted molar refractivity (Wildman–Crippen MR) is 79.3 cm³/mol. The smallest absolute Gasteiger partial charge is 0.127 e. The molecule has 3 nitrogen and oxygen atoms in total. The molecule has 0 radical (unpaired) electrons. The Bertz CT molecular complexity index is 297. The van der Waals surface area contributed by atoms with Crippen molar-refractivity contribution in [1.29, 1.82) is 0 Å². The molecule has 0 N–H and O–H groups in total. The van der Waals surface area contributed by atoms with Gasteiger partial charge in [0, 0.05) is 37.6 Å². The maximum absolute atomic E-state index is 11.6. The van der Waals surface area contributed by atoms with Gasteiger partial charge in [-0.15, -0.1) is 0 Å². The Morgan fingerprint density at radius 3 is 2.53 bits per heavy atom. The fourth-order valence-corrected chi connectivity index (χ4v) is 3.69. The van der Waals surface area contributed by atoms with Crippen LogP contribution in [0, 0.1) is 11.3 Å². The molecule has 0 aromatic carbocycles. The second kappa shape index (κ2) is 6.36. The number of aldehydes is 1. The Balaban J connectivity index is 1.93. The van der Waals surface area contributed by atoms with Crippen LogP contribution in [-0.4, -0.2) is 55.4 Å². The van der Waals surface area contributed by atoms with Gasteiger partial charge in [0.2, 0.25) is 0 Å². The minimum atomic E-state index is -0.0410. The lowest BCUT2D eigenvalue weighted by Gasteiger charge is -2.44. The minimum absolute atomic E-state index is 0.0410. The Hall–Kier alpha value is -0.410. The Morgan fingerprint density at radius 2 is 1.95 bits per heavy atom. The Kier molecular flexibility index (Phi) is 5.02. The highest BCUT2D eigenvalue weighted by molar-refractivity contribution is 5.60. The van der Waals surface area contributed by atoms with E-state index in [-0.39, 0.29) is 5.41 Å². The van der Waals surface area contributed by atoms with Gasteiger partial charge in [0.15, 0.2) is 0 Å². The summed E-state index contributed by atoms with van der Waals surface area (Å²) in [4.78, 5) is 16.6. The second-order valence-electron chi connectivity index (χ2n) is 6.94. The number of likely N-dealkylation sites (N-methyl/N-ethyl adjacent to an activating group) is 1. The maximum atomic E-state index is 11.6. The average molecular weight is 266 g/mol. The van der Waals surface area contributed by atoms with Crippen LogP contribution < -0.4 is 0 Å². The van der Waals surface area contributed by atoms with Crippen LogP contribution in [0.1, 0.15) is 46.0 Å². The molecule has 2 aliphatic rings. The maximum Gasteiger partial charge on any atom is 0.127 e. The monoisotopic (exact) mass is 266 g/mol. The quantitative estimate of drug-likeness (QED) is 0.730. The lowest BCUT2D eigenvalue weighted by atomic mass is 9.71. The molecule has 3 heteroatoms. The van der Waals surface area contributed by atoms with Crippen LogP contribution >= 0.6 is 0 Å². The summed E-state index contributed by atoms with van der Waals surface area (Å²) >= 11 is 0. The Labute approximate surface area is 118 Å². The zero-order valence-corrected chi connectivity index (χ0v) is 12.9. The van der Waals surface area contributed by atoms with Crippen molar-refractivity contribution >= 4 is 6.29 Å². The number of hydrogen-bond acceptors (Lipinski definition) is 3. The summed E-state index contributed by atoms with van der Waals surface area (Å²) in [5, 5.41) is 0. The summed E-state index contributed by atoms with van der Waals surface area (Å²) < 4.78 is 0. The molecule has 1 saturated carbocycles. The van der Waals surface area contributed by atoms with Crippen molar-refractivity contribution in [3.8, 4) is 0 Å². The number of hydrogen-bond donors (Lipinski definition) is 0. The largest absolute Gasteiger partial charge is 0.303 e. The molecule has 1 heterocycles. The van der Waals surface area contributed by atoms with E-state index in [9.17, 15) is 4.79 Å². The third-order valence-electron chi connectivity index (χ3n) is 5.39. The predicted octanol–water partition coefficient (Wildman–Crippen LogP) is 2.41. The average Bonchev–Trinajstić information content (AvgIpc) is 2.44. The number of piperazine rings is 1. The molecule has 2 fully saturated rings. The highest BCUT2D eigenvalue weighted by atomic mass is 16.1. The third kappa shape index (κ3) is 3.57. The summed E-state index contributed by atoms with van der Waals surface area (Å²) in [6.45, 7) is 8.98.